The van der Waals surface area contributed by atoms with Gasteiger partial charge in [0.2, 0.25) is 0 Å². The SMILES string of the molecule is CN(C)CC1CCCN1c1ccc(CO)cc1[N+](=O)[O-]. The Bertz CT molecular complexity index is 491. The van der Waals surface area contributed by atoms with Gasteiger partial charge in [-0.1, -0.05) is 6.07 Å². The molecule has 1 heterocycles. The van der Waals surface area contributed by atoms with Crippen molar-refractivity contribution < 1.29 is 10.0 Å². The molecule has 0 spiro atoms. The third kappa shape index (κ3) is 3.08. The Kier molecular flexibility index (Phi) is 4.57. The zero-order valence-electron chi connectivity index (χ0n) is 12.0. The Hall–Kier alpha value is -1.66. The fraction of sp³-hybridized carbons (Fsp3) is 0.571. The Labute approximate surface area is 118 Å². The summed E-state index contributed by atoms with van der Waals surface area (Å²) in [5.74, 6) is 0. The molecule has 0 amide bonds. The quantitative estimate of drug-likeness (QED) is 0.655. The van der Waals surface area contributed by atoms with E-state index in [4.69, 9.17) is 5.11 Å². The van der Waals surface area contributed by atoms with E-state index in [0.29, 0.717) is 17.3 Å². The zero-order valence-corrected chi connectivity index (χ0v) is 12.0. The first-order valence-electron chi connectivity index (χ1n) is 6.82. The van der Waals surface area contributed by atoms with Crippen LogP contribution in [0.4, 0.5) is 11.4 Å². The van der Waals surface area contributed by atoms with E-state index < -0.39 is 0 Å². The summed E-state index contributed by atoms with van der Waals surface area (Å²) in [5.41, 5.74) is 1.32. The predicted octanol–water partition coefficient (Wildman–Crippen LogP) is 1.62. The fourth-order valence-corrected chi connectivity index (χ4v) is 2.82. The van der Waals surface area contributed by atoms with Crippen molar-refractivity contribution in [3.63, 3.8) is 0 Å². The van der Waals surface area contributed by atoms with Crippen molar-refractivity contribution in [3.8, 4) is 0 Å². The van der Waals surface area contributed by atoms with Crippen LogP contribution in [0.5, 0.6) is 0 Å². The fourth-order valence-electron chi connectivity index (χ4n) is 2.82. The summed E-state index contributed by atoms with van der Waals surface area (Å²) in [6.07, 6.45) is 2.11. The maximum absolute atomic E-state index is 11.3. The maximum atomic E-state index is 11.3. The standard InChI is InChI=1S/C14H21N3O3/c1-15(2)9-12-4-3-7-16(12)13-6-5-11(10-18)8-14(13)17(19)20/h5-6,8,12,18H,3-4,7,9-10H2,1-2H3. The number of nitrogens with zero attached hydrogens (tertiary/aromatic N) is 3. The van der Waals surface area contributed by atoms with Gasteiger partial charge in [0, 0.05) is 25.2 Å². The molecule has 6 nitrogen and oxygen atoms in total. The second kappa shape index (κ2) is 6.19. The summed E-state index contributed by atoms with van der Waals surface area (Å²) in [4.78, 5) is 15.1. The van der Waals surface area contributed by atoms with E-state index in [0.717, 1.165) is 25.9 Å². The third-order valence-corrected chi connectivity index (χ3v) is 3.68. The van der Waals surface area contributed by atoms with Crippen LogP contribution in [0.1, 0.15) is 18.4 Å². The molecule has 110 valence electrons. The van der Waals surface area contributed by atoms with Crippen LogP contribution >= 0.6 is 0 Å². The van der Waals surface area contributed by atoms with E-state index in [1.54, 1.807) is 12.1 Å². The number of benzene rings is 1. The van der Waals surface area contributed by atoms with Crippen LogP contribution < -0.4 is 4.90 Å². The topological polar surface area (TPSA) is 69.8 Å². The highest BCUT2D eigenvalue weighted by atomic mass is 16.6. The summed E-state index contributed by atoms with van der Waals surface area (Å²) < 4.78 is 0. The summed E-state index contributed by atoms with van der Waals surface area (Å²) in [5, 5.41) is 20.4. The van der Waals surface area contributed by atoms with E-state index in [1.165, 1.54) is 6.07 Å². The van der Waals surface area contributed by atoms with Gasteiger partial charge in [-0.05, 0) is 38.6 Å². The molecule has 2 rings (SSSR count). The Morgan fingerprint density at radius 3 is 2.85 bits per heavy atom. The highest BCUT2D eigenvalue weighted by Crippen LogP contribution is 2.34. The number of hydrogen-bond donors (Lipinski definition) is 1. The molecule has 0 radical (unpaired) electrons. The molecule has 1 fully saturated rings. The van der Waals surface area contributed by atoms with Gasteiger partial charge in [-0.15, -0.1) is 0 Å². The number of likely N-dealkylation sites (N-methyl/N-ethyl adjacent to an activating group) is 1. The molecule has 0 bridgehead atoms. The van der Waals surface area contributed by atoms with Crippen LogP contribution in [0.2, 0.25) is 0 Å². The van der Waals surface area contributed by atoms with Crippen molar-refractivity contribution in [2.75, 3.05) is 32.1 Å². The van der Waals surface area contributed by atoms with Gasteiger partial charge in [0.15, 0.2) is 0 Å². The number of hydrogen-bond acceptors (Lipinski definition) is 5. The first-order chi connectivity index (χ1) is 9.52. The first kappa shape index (κ1) is 14.7. The van der Waals surface area contributed by atoms with E-state index in [-0.39, 0.29) is 17.2 Å². The third-order valence-electron chi connectivity index (χ3n) is 3.68. The number of nitro groups is 1. The van der Waals surface area contributed by atoms with Crippen LogP contribution in [-0.4, -0.2) is 48.2 Å². The lowest BCUT2D eigenvalue weighted by atomic mass is 10.1. The van der Waals surface area contributed by atoms with Crippen LogP contribution in [-0.2, 0) is 6.61 Å². The number of aliphatic hydroxyl groups excluding tert-OH is 1. The van der Waals surface area contributed by atoms with Gasteiger partial charge in [-0.3, -0.25) is 10.1 Å². The van der Waals surface area contributed by atoms with Crippen molar-refractivity contribution in [1.29, 1.82) is 0 Å². The lowest BCUT2D eigenvalue weighted by molar-refractivity contribution is -0.384. The minimum absolute atomic E-state index is 0.0854. The van der Waals surface area contributed by atoms with Gasteiger partial charge in [-0.25, -0.2) is 0 Å². The van der Waals surface area contributed by atoms with Crippen LogP contribution in [0, 0.1) is 10.1 Å². The van der Waals surface area contributed by atoms with Gasteiger partial charge in [-0.2, -0.15) is 0 Å². The van der Waals surface area contributed by atoms with Crippen molar-refractivity contribution >= 4 is 11.4 Å². The largest absolute Gasteiger partial charge is 0.392 e. The molecule has 1 unspecified atom stereocenters. The Morgan fingerprint density at radius 2 is 2.25 bits per heavy atom. The van der Waals surface area contributed by atoms with Crippen LogP contribution in [0.25, 0.3) is 0 Å². The van der Waals surface area contributed by atoms with Gasteiger partial charge < -0.3 is 14.9 Å². The number of nitro benzene ring substituents is 1. The summed E-state index contributed by atoms with van der Waals surface area (Å²) in [6, 6.07) is 5.30. The Balaban J connectivity index is 2.33. The zero-order chi connectivity index (χ0) is 14.7. The molecule has 1 atom stereocenters. The van der Waals surface area contributed by atoms with Gasteiger partial charge in [0.05, 0.1) is 11.5 Å². The van der Waals surface area contributed by atoms with Gasteiger partial charge in [0.1, 0.15) is 5.69 Å². The summed E-state index contributed by atoms with van der Waals surface area (Å²) in [7, 11) is 4.03. The molecule has 1 aliphatic heterocycles. The lowest BCUT2D eigenvalue weighted by Crippen LogP contribution is -2.37. The van der Waals surface area contributed by atoms with E-state index in [9.17, 15) is 10.1 Å². The van der Waals surface area contributed by atoms with E-state index in [1.807, 2.05) is 14.1 Å². The molecule has 1 N–H and O–H groups in total. The molecule has 0 saturated carbocycles. The Morgan fingerprint density at radius 1 is 1.50 bits per heavy atom. The average molecular weight is 279 g/mol. The molecular weight excluding hydrogens is 258 g/mol. The molecule has 1 saturated heterocycles. The molecule has 20 heavy (non-hydrogen) atoms. The van der Waals surface area contributed by atoms with E-state index >= 15 is 0 Å². The molecular formula is C14H21N3O3. The minimum atomic E-state index is -0.362. The van der Waals surface area contributed by atoms with Crippen LogP contribution in [0.15, 0.2) is 18.2 Å². The van der Waals surface area contributed by atoms with Gasteiger partial charge in [0.25, 0.3) is 5.69 Å². The van der Waals surface area contributed by atoms with Crippen molar-refractivity contribution in [3.05, 3.63) is 33.9 Å². The lowest BCUT2D eigenvalue weighted by Gasteiger charge is -2.28. The average Bonchev–Trinajstić information content (AvgIpc) is 2.85. The maximum Gasteiger partial charge on any atom is 0.292 e. The molecule has 1 aromatic carbocycles. The number of anilines is 1. The highest BCUT2D eigenvalue weighted by Gasteiger charge is 2.30. The highest BCUT2D eigenvalue weighted by molar-refractivity contribution is 5.65. The van der Waals surface area contributed by atoms with Crippen molar-refractivity contribution in [2.45, 2.75) is 25.5 Å². The van der Waals surface area contributed by atoms with E-state index in [2.05, 4.69) is 9.80 Å². The monoisotopic (exact) mass is 279 g/mol. The second-order valence-corrected chi connectivity index (χ2v) is 5.49. The van der Waals surface area contributed by atoms with Crippen molar-refractivity contribution in [1.82, 2.24) is 4.90 Å². The molecule has 1 aromatic rings. The van der Waals surface area contributed by atoms with Gasteiger partial charge >= 0.3 is 0 Å². The smallest absolute Gasteiger partial charge is 0.292 e. The number of aliphatic hydroxyl groups is 1. The van der Waals surface area contributed by atoms with Crippen molar-refractivity contribution in [2.24, 2.45) is 0 Å². The number of rotatable bonds is 5. The van der Waals surface area contributed by atoms with Crippen LogP contribution in [0.3, 0.4) is 0 Å². The summed E-state index contributed by atoms with van der Waals surface area (Å²) in [6.45, 7) is 1.55. The molecule has 6 heteroatoms. The first-order valence-corrected chi connectivity index (χ1v) is 6.82. The molecule has 1 aliphatic rings. The minimum Gasteiger partial charge on any atom is -0.392 e. The second-order valence-electron chi connectivity index (χ2n) is 5.49. The molecule has 0 aromatic heterocycles. The molecule has 0 aliphatic carbocycles. The predicted molar refractivity (Wildman–Crippen MR) is 77.9 cm³/mol. The normalized spacial score (nSPS) is 18.8. The summed E-state index contributed by atoms with van der Waals surface area (Å²) >= 11 is 0.